The van der Waals surface area contributed by atoms with Gasteiger partial charge in [-0.15, -0.1) is 0 Å². The van der Waals surface area contributed by atoms with Crippen LogP contribution in [0, 0.1) is 0 Å². The maximum absolute atomic E-state index is 12.1. The second kappa shape index (κ2) is 13.1. The standard InChI is InChI=1S/C17H21ClF3NO3.C6H4Cl2/c1-16(2,3)25-15(24)7-5-11-4-6-12(18)13(10-11)22-14(23)8-9-17(19,20)21;7-5-3-1-2-4-6(5)8/h4,6,10H,5,7-9H2,1-3H3,(H,22,23);1-4H. The van der Waals surface area contributed by atoms with Gasteiger partial charge in [-0.25, -0.2) is 0 Å². The van der Waals surface area contributed by atoms with Gasteiger partial charge in [0.25, 0.3) is 0 Å². The Labute approximate surface area is 206 Å². The Morgan fingerprint density at radius 2 is 1.48 bits per heavy atom. The van der Waals surface area contributed by atoms with E-state index in [1.54, 1.807) is 39.0 Å². The van der Waals surface area contributed by atoms with Crippen LogP contribution in [0.25, 0.3) is 0 Å². The molecule has 2 aromatic carbocycles. The van der Waals surface area contributed by atoms with Crippen molar-refractivity contribution in [1.29, 1.82) is 0 Å². The number of carbonyl (C=O) groups is 2. The molecular formula is C23H25Cl3F3NO3. The molecule has 1 amide bonds. The molecule has 0 saturated carbocycles. The van der Waals surface area contributed by atoms with Gasteiger partial charge in [-0.1, -0.05) is 53.0 Å². The summed E-state index contributed by atoms with van der Waals surface area (Å²) in [6.45, 7) is 5.30. The van der Waals surface area contributed by atoms with E-state index in [1.807, 2.05) is 12.1 Å². The van der Waals surface area contributed by atoms with Crippen LogP contribution in [0.2, 0.25) is 15.1 Å². The van der Waals surface area contributed by atoms with E-state index in [0.717, 1.165) is 0 Å². The summed E-state index contributed by atoms with van der Waals surface area (Å²) in [5.41, 5.74) is 0.353. The lowest BCUT2D eigenvalue weighted by Gasteiger charge is -2.19. The second-order valence-corrected chi connectivity index (χ2v) is 9.20. The predicted molar refractivity (Wildman–Crippen MR) is 126 cm³/mol. The van der Waals surface area contributed by atoms with E-state index in [9.17, 15) is 22.8 Å². The van der Waals surface area contributed by atoms with Gasteiger partial charge in [0, 0.05) is 12.8 Å². The van der Waals surface area contributed by atoms with Crippen LogP contribution in [0.1, 0.15) is 45.6 Å². The lowest BCUT2D eigenvalue weighted by Crippen LogP contribution is -2.24. The summed E-state index contributed by atoms with van der Waals surface area (Å²) in [7, 11) is 0. The van der Waals surface area contributed by atoms with Gasteiger partial charge in [-0.3, -0.25) is 9.59 Å². The highest BCUT2D eigenvalue weighted by molar-refractivity contribution is 6.41. The number of amides is 1. The first-order chi connectivity index (χ1) is 15.2. The zero-order valence-corrected chi connectivity index (χ0v) is 20.6. The van der Waals surface area contributed by atoms with Crippen LogP contribution in [-0.2, 0) is 20.7 Å². The number of benzene rings is 2. The zero-order chi connectivity index (χ0) is 25.2. The maximum atomic E-state index is 12.1. The molecule has 0 aromatic heterocycles. The molecule has 0 fully saturated rings. The maximum Gasteiger partial charge on any atom is 0.389 e. The van der Waals surface area contributed by atoms with Crippen LogP contribution in [0.4, 0.5) is 18.9 Å². The van der Waals surface area contributed by atoms with E-state index in [1.165, 1.54) is 12.1 Å². The van der Waals surface area contributed by atoms with Crippen molar-refractivity contribution in [2.75, 3.05) is 5.32 Å². The van der Waals surface area contributed by atoms with Crippen LogP contribution in [-0.4, -0.2) is 23.7 Å². The monoisotopic (exact) mass is 525 g/mol. The number of hydrogen-bond donors (Lipinski definition) is 1. The highest BCUT2D eigenvalue weighted by Crippen LogP contribution is 2.26. The average Bonchev–Trinajstić information content (AvgIpc) is 2.68. The molecule has 0 heterocycles. The van der Waals surface area contributed by atoms with Gasteiger partial charge in [0.05, 0.1) is 27.2 Å². The van der Waals surface area contributed by atoms with Crippen LogP contribution in [0.3, 0.4) is 0 Å². The number of nitrogens with one attached hydrogen (secondary N) is 1. The lowest BCUT2D eigenvalue weighted by molar-refractivity contribution is -0.154. The molecule has 0 aliphatic heterocycles. The molecule has 0 atom stereocenters. The normalized spacial score (nSPS) is 11.3. The summed E-state index contributed by atoms with van der Waals surface area (Å²) in [5.74, 6) is -1.14. The summed E-state index contributed by atoms with van der Waals surface area (Å²) in [4.78, 5) is 23.3. The Kier molecular flexibility index (Phi) is 11.5. The Morgan fingerprint density at radius 3 is 1.97 bits per heavy atom. The average molecular weight is 527 g/mol. The Hall–Kier alpha value is -1.96. The van der Waals surface area contributed by atoms with Gasteiger partial charge in [0.15, 0.2) is 0 Å². The van der Waals surface area contributed by atoms with Crippen molar-refractivity contribution in [1.82, 2.24) is 0 Å². The van der Waals surface area contributed by atoms with E-state index < -0.39 is 30.5 Å². The fourth-order valence-electron chi connectivity index (χ4n) is 2.37. The summed E-state index contributed by atoms with van der Waals surface area (Å²) in [6.07, 6.45) is -5.77. The van der Waals surface area contributed by atoms with Gasteiger partial charge in [-0.05, 0) is 57.0 Å². The summed E-state index contributed by atoms with van der Waals surface area (Å²) >= 11 is 17.1. The van der Waals surface area contributed by atoms with E-state index in [0.29, 0.717) is 22.0 Å². The molecule has 10 heteroatoms. The molecular weight excluding hydrogens is 502 g/mol. The van der Waals surface area contributed by atoms with Crippen molar-refractivity contribution in [3.63, 3.8) is 0 Å². The number of carbonyl (C=O) groups excluding carboxylic acids is 2. The fourth-order valence-corrected chi connectivity index (χ4v) is 2.81. The molecule has 0 spiro atoms. The number of anilines is 1. The van der Waals surface area contributed by atoms with Gasteiger partial charge in [-0.2, -0.15) is 13.2 Å². The molecule has 0 saturated heterocycles. The number of halogens is 6. The minimum Gasteiger partial charge on any atom is -0.460 e. The van der Waals surface area contributed by atoms with Gasteiger partial charge in [0.1, 0.15) is 5.60 Å². The minimum absolute atomic E-state index is 0.139. The molecule has 0 aliphatic rings. The molecule has 0 unspecified atom stereocenters. The number of hydrogen-bond acceptors (Lipinski definition) is 3. The molecule has 4 nitrogen and oxygen atoms in total. The van der Waals surface area contributed by atoms with E-state index >= 15 is 0 Å². The number of alkyl halides is 3. The van der Waals surface area contributed by atoms with Crippen LogP contribution < -0.4 is 5.32 Å². The molecule has 2 rings (SSSR count). The molecule has 0 radical (unpaired) electrons. The molecule has 33 heavy (non-hydrogen) atoms. The molecule has 2 aromatic rings. The van der Waals surface area contributed by atoms with E-state index in [-0.39, 0.29) is 23.1 Å². The summed E-state index contributed by atoms with van der Waals surface area (Å²) in [6, 6.07) is 11.9. The molecule has 1 N–H and O–H groups in total. The SMILES string of the molecule is CC(C)(C)OC(=O)CCc1ccc(Cl)c(NC(=O)CCC(F)(F)F)c1.Clc1ccccc1Cl. The first kappa shape index (κ1) is 29.1. The van der Waals surface area contributed by atoms with Gasteiger partial charge in [0.2, 0.25) is 5.91 Å². The first-order valence-electron chi connectivity index (χ1n) is 9.93. The first-order valence-corrected chi connectivity index (χ1v) is 11.1. The lowest BCUT2D eigenvalue weighted by atomic mass is 10.1. The number of aryl methyl sites for hydroxylation is 1. The highest BCUT2D eigenvalue weighted by Gasteiger charge is 2.28. The van der Waals surface area contributed by atoms with E-state index in [4.69, 9.17) is 39.5 Å². The minimum atomic E-state index is -4.39. The summed E-state index contributed by atoms with van der Waals surface area (Å²) in [5, 5.41) is 3.78. The largest absolute Gasteiger partial charge is 0.460 e. The van der Waals surface area contributed by atoms with Crippen LogP contribution in [0.15, 0.2) is 42.5 Å². The molecule has 0 aliphatic carbocycles. The smallest absolute Gasteiger partial charge is 0.389 e. The molecule has 0 bridgehead atoms. The highest BCUT2D eigenvalue weighted by atomic mass is 35.5. The third kappa shape index (κ3) is 13.4. The van der Waals surface area contributed by atoms with Crippen molar-refractivity contribution >= 4 is 52.4 Å². The van der Waals surface area contributed by atoms with Crippen LogP contribution >= 0.6 is 34.8 Å². The van der Waals surface area contributed by atoms with E-state index in [2.05, 4.69) is 5.32 Å². The number of esters is 1. The van der Waals surface area contributed by atoms with Crippen LogP contribution in [0.5, 0.6) is 0 Å². The number of rotatable bonds is 6. The molecule has 182 valence electrons. The third-order valence-corrected chi connectivity index (χ3v) is 4.89. The van der Waals surface area contributed by atoms with Crippen molar-refractivity contribution in [2.24, 2.45) is 0 Å². The van der Waals surface area contributed by atoms with Crippen molar-refractivity contribution in [2.45, 2.75) is 58.2 Å². The topological polar surface area (TPSA) is 55.4 Å². The van der Waals surface area contributed by atoms with Crippen molar-refractivity contribution in [3.8, 4) is 0 Å². The Balaban J connectivity index is 0.000000568. The Bertz CT molecular complexity index is 924. The van der Waals surface area contributed by atoms with Gasteiger partial charge < -0.3 is 10.1 Å². The number of ether oxygens (including phenoxy) is 1. The predicted octanol–water partition coefficient (Wildman–Crippen LogP) is 7.89. The quantitative estimate of drug-likeness (QED) is 0.389. The fraction of sp³-hybridized carbons (Fsp3) is 0.391. The van der Waals surface area contributed by atoms with Crippen molar-refractivity contribution < 1.29 is 27.5 Å². The second-order valence-electron chi connectivity index (χ2n) is 7.98. The summed E-state index contributed by atoms with van der Waals surface area (Å²) < 4.78 is 41.6. The third-order valence-electron chi connectivity index (χ3n) is 3.80. The zero-order valence-electron chi connectivity index (χ0n) is 18.4. The van der Waals surface area contributed by atoms with Crippen molar-refractivity contribution in [3.05, 3.63) is 63.1 Å². The van der Waals surface area contributed by atoms with Gasteiger partial charge >= 0.3 is 12.1 Å². The Morgan fingerprint density at radius 1 is 0.909 bits per heavy atom.